The van der Waals surface area contributed by atoms with Gasteiger partial charge in [-0.2, -0.15) is 0 Å². The molecule has 1 aliphatic rings. The average molecular weight is 397 g/mol. The molecule has 26 heavy (non-hydrogen) atoms. The highest BCUT2D eigenvalue weighted by Gasteiger charge is 2.19. The van der Waals surface area contributed by atoms with E-state index in [9.17, 15) is 13.2 Å². The zero-order valence-corrected chi connectivity index (χ0v) is 15.5. The second-order valence-corrected chi connectivity index (χ2v) is 8.02. The number of sulfonamides is 1. The van der Waals surface area contributed by atoms with Crippen molar-refractivity contribution in [2.75, 3.05) is 29.2 Å². The number of amides is 1. The molecule has 0 saturated carbocycles. The molecule has 0 unspecified atom stereocenters. The van der Waals surface area contributed by atoms with E-state index in [0.29, 0.717) is 27.9 Å². The Morgan fingerprint density at radius 2 is 1.85 bits per heavy atom. The monoisotopic (exact) mass is 396 g/mol. The molecule has 0 atom stereocenters. The van der Waals surface area contributed by atoms with Gasteiger partial charge in [-0.05, 0) is 36.4 Å². The van der Waals surface area contributed by atoms with Crippen LogP contribution in [0.4, 0.5) is 11.4 Å². The van der Waals surface area contributed by atoms with Gasteiger partial charge in [0, 0.05) is 29.7 Å². The normalized spacial score (nSPS) is 12.7. The zero-order chi connectivity index (χ0) is 18.7. The molecular formula is C17H17ClN2O5S. The van der Waals surface area contributed by atoms with Crippen LogP contribution in [0.5, 0.6) is 11.5 Å². The summed E-state index contributed by atoms with van der Waals surface area (Å²) in [6.07, 6.45) is 1.08. The molecule has 1 N–H and O–H groups in total. The van der Waals surface area contributed by atoms with E-state index in [1.165, 1.54) is 4.31 Å². The Labute approximate surface area is 156 Å². The van der Waals surface area contributed by atoms with Crippen LogP contribution in [0.1, 0.15) is 6.42 Å². The fourth-order valence-electron chi connectivity index (χ4n) is 2.49. The number of halogens is 1. The van der Waals surface area contributed by atoms with Gasteiger partial charge in [0.05, 0.1) is 11.9 Å². The van der Waals surface area contributed by atoms with Gasteiger partial charge in [-0.15, -0.1) is 0 Å². The van der Waals surface area contributed by atoms with Crippen LogP contribution < -0.4 is 19.1 Å². The van der Waals surface area contributed by atoms with Crippen LogP contribution in [0.25, 0.3) is 0 Å². The van der Waals surface area contributed by atoms with Gasteiger partial charge in [0.1, 0.15) is 0 Å². The predicted octanol–water partition coefficient (Wildman–Crippen LogP) is 2.86. The Kier molecular flexibility index (Phi) is 5.24. The van der Waals surface area contributed by atoms with Gasteiger partial charge in [0.2, 0.25) is 22.7 Å². The largest absolute Gasteiger partial charge is 0.454 e. The van der Waals surface area contributed by atoms with Gasteiger partial charge < -0.3 is 14.8 Å². The van der Waals surface area contributed by atoms with Crippen LogP contribution in [0.15, 0.2) is 42.5 Å². The van der Waals surface area contributed by atoms with Gasteiger partial charge in [0.15, 0.2) is 11.5 Å². The van der Waals surface area contributed by atoms with Crippen molar-refractivity contribution in [3.05, 3.63) is 47.5 Å². The van der Waals surface area contributed by atoms with Crippen molar-refractivity contribution in [2.45, 2.75) is 6.42 Å². The second-order valence-electron chi connectivity index (χ2n) is 5.68. The number of nitrogens with zero attached hydrogens (tertiary/aromatic N) is 1. The zero-order valence-electron chi connectivity index (χ0n) is 13.9. The summed E-state index contributed by atoms with van der Waals surface area (Å²) >= 11 is 5.84. The van der Waals surface area contributed by atoms with Crippen molar-refractivity contribution in [1.29, 1.82) is 0 Å². The summed E-state index contributed by atoms with van der Waals surface area (Å²) in [6, 6.07) is 11.4. The van der Waals surface area contributed by atoms with Gasteiger partial charge in [-0.3, -0.25) is 9.10 Å². The van der Waals surface area contributed by atoms with E-state index in [2.05, 4.69) is 5.32 Å². The minimum Gasteiger partial charge on any atom is -0.454 e. The summed E-state index contributed by atoms with van der Waals surface area (Å²) in [5, 5.41) is 3.22. The third-order valence-electron chi connectivity index (χ3n) is 3.71. The Morgan fingerprint density at radius 3 is 2.54 bits per heavy atom. The van der Waals surface area contributed by atoms with Crippen LogP contribution in [-0.4, -0.2) is 33.9 Å². The van der Waals surface area contributed by atoms with Crippen molar-refractivity contribution >= 4 is 38.9 Å². The van der Waals surface area contributed by atoms with Gasteiger partial charge in [0.25, 0.3) is 0 Å². The summed E-state index contributed by atoms with van der Waals surface area (Å²) in [6.45, 7) is 0.161. The number of ether oxygens (including phenoxy) is 2. The molecule has 1 heterocycles. The lowest BCUT2D eigenvalue weighted by atomic mass is 10.2. The average Bonchev–Trinajstić information content (AvgIpc) is 3.03. The Morgan fingerprint density at radius 1 is 1.15 bits per heavy atom. The van der Waals surface area contributed by atoms with E-state index < -0.39 is 10.0 Å². The number of carbonyl (C=O) groups excluding carboxylic acids is 1. The molecule has 1 aliphatic heterocycles. The minimum atomic E-state index is -3.53. The van der Waals surface area contributed by atoms with Crippen LogP contribution in [-0.2, 0) is 14.8 Å². The summed E-state index contributed by atoms with van der Waals surface area (Å²) in [5.41, 5.74) is 1.00. The van der Waals surface area contributed by atoms with E-state index in [1.807, 2.05) is 0 Å². The second kappa shape index (κ2) is 7.43. The Bertz CT molecular complexity index is 915. The Hall–Kier alpha value is -2.45. The molecule has 0 fully saturated rings. The molecule has 9 heteroatoms. The van der Waals surface area contributed by atoms with E-state index in [0.717, 1.165) is 6.26 Å². The number of hydrogen-bond donors (Lipinski definition) is 1. The number of benzene rings is 2. The molecule has 0 radical (unpaired) electrons. The van der Waals surface area contributed by atoms with Crippen LogP contribution >= 0.6 is 11.6 Å². The maximum absolute atomic E-state index is 12.2. The van der Waals surface area contributed by atoms with Crippen LogP contribution in [0.2, 0.25) is 5.02 Å². The summed E-state index contributed by atoms with van der Waals surface area (Å²) in [4.78, 5) is 12.2. The van der Waals surface area contributed by atoms with E-state index in [-0.39, 0.29) is 25.7 Å². The Balaban J connectivity index is 1.65. The molecule has 0 aromatic heterocycles. The lowest BCUT2D eigenvalue weighted by Gasteiger charge is -2.22. The fourth-order valence-corrected chi connectivity index (χ4v) is 3.55. The third-order valence-corrected chi connectivity index (χ3v) is 5.16. The van der Waals surface area contributed by atoms with Gasteiger partial charge >= 0.3 is 0 Å². The highest BCUT2D eigenvalue weighted by Crippen LogP contribution is 2.34. The number of hydrogen-bond acceptors (Lipinski definition) is 5. The molecule has 2 aromatic carbocycles. The maximum atomic E-state index is 12.2. The van der Waals surface area contributed by atoms with Crippen molar-refractivity contribution in [2.24, 2.45) is 0 Å². The smallest absolute Gasteiger partial charge is 0.232 e. The number of carbonyl (C=O) groups is 1. The first-order chi connectivity index (χ1) is 12.3. The van der Waals surface area contributed by atoms with Crippen molar-refractivity contribution in [3.63, 3.8) is 0 Å². The summed E-state index contributed by atoms with van der Waals surface area (Å²) < 4.78 is 35.7. The van der Waals surface area contributed by atoms with Crippen LogP contribution in [0, 0.1) is 0 Å². The van der Waals surface area contributed by atoms with Crippen molar-refractivity contribution in [1.82, 2.24) is 0 Å². The highest BCUT2D eigenvalue weighted by molar-refractivity contribution is 7.92. The fraction of sp³-hybridized carbons (Fsp3) is 0.235. The van der Waals surface area contributed by atoms with E-state index in [4.69, 9.17) is 21.1 Å². The molecule has 3 rings (SSSR count). The number of fused-ring (bicyclic) bond motifs is 1. The first kappa shape index (κ1) is 18.3. The lowest BCUT2D eigenvalue weighted by Crippen LogP contribution is -2.33. The van der Waals surface area contributed by atoms with Gasteiger partial charge in [-0.1, -0.05) is 11.6 Å². The molecule has 2 aromatic rings. The summed E-state index contributed by atoms with van der Waals surface area (Å²) in [5.74, 6) is 0.863. The maximum Gasteiger partial charge on any atom is 0.232 e. The minimum absolute atomic E-state index is 0.00978. The third kappa shape index (κ3) is 4.39. The molecule has 0 spiro atoms. The first-order valence-corrected chi connectivity index (χ1v) is 9.98. The van der Waals surface area contributed by atoms with E-state index in [1.54, 1.807) is 42.5 Å². The topological polar surface area (TPSA) is 84.9 Å². The van der Waals surface area contributed by atoms with Gasteiger partial charge in [-0.25, -0.2) is 8.42 Å². The number of rotatable bonds is 6. The van der Waals surface area contributed by atoms with Crippen molar-refractivity contribution in [3.8, 4) is 11.5 Å². The molecule has 138 valence electrons. The quantitative estimate of drug-likeness (QED) is 0.811. The number of nitrogens with one attached hydrogen (secondary N) is 1. The SMILES string of the molecule is CS(=O)(=O)N(CCC(=O)Nc1ccc2c(c1)OCO2)c1ccc(Cl)cc1. The van der Waals surface area contributed by atoms with Crippen LogP contribution in [0.3, 0.4) is 0 Å². The molecule has 1 amide bonds. The lowest BCUT2D eigenvalue weighted by molar-refractivity contribution is -0.116. The summed E-state index contributed by atoms with van der Waals surface area (Å²) in [7, 11) is -3.53. The van der Waals surface area contributed by atoms with E-state index >= 15 is 0 Å². The number of anilines is 2. The molecule has 0 bridgehead atoms. The standard InChI is InChI=1S/C17H17ClN2O5S/c1-26(22,23)20(14-5-2-12(18)3-6-14)9-8-17(21)19-13-4-7-15-16(10-13)25-11-24-15/h2-7,10H,8-9,11H2,1H3,(H,19,21). The molecule has 0 aliphatic carbocycles. The first-order valence-electron chi connectivity index (χ1n) is 7.76. The molecular weight excluding hydrogens is 380 g/mol. The molecule has 0 saturated heterocycles. The predicted molar refractivity (Wildman–Crippen MR) is 99.5 cm³/mol. The molecule has 7 nitrogen and oxygen atoms in total. The van der Waals surface area contributed by atoms with Crippen molar-refractivity contribution < 1.29 is 22.7 Å². The highest BCUT2D eigenvalue weighted by atomic mass is 35.5.